The Labute approximate surface area is 132 Å². The fraction of sp³-hybridized carbons (Fsp3) is 0.176. The molecule has 0 saturated heterocycles. The predicted molar refractivity (Wildman–Crippen MR) is 87.0 cm³/mol. The van der Waals surface area contributed by atoms with E-state index in [2.05, 4.69) is 33.4 Å². The summed E-state index contributed by atoms with van der Waals surface area (Å²) < 4.78 is 0.829. The van der Waals surface area contributed by atoms with Crippen molar-refractivity contribution >= 4 is 27.5 Å². The van der Waals surface area contributed by atoms with E-state index in [9.17, 15) is 4.79 Å². The van der Waals surface area contributed by atoms with Crippen LogP contribution in [0.3, 0.4) is 0 Å². The Hall–Kier alpha value is -2.12. The van der Waals surface area contributed by atoms with Crippen molar-refractivity contribution in [2.24, 2.45) is 0 Å². The normalized spacial score (nSPS) is 9.95. The number of nitrogens with one attached hydrogen (secondary N) is 1. The van der Waals surface area contributed by atoms with Crippen molar-refractivity contribution in [1.29, 1.82) is 5.26 Å². The summed E-state index contributed by atoms with van der Waals surface area (Å²) in [5.74, 6) is -0.0916. The molecule has 0 spiro atoms. The zero-order valence-corrected chi connectivity index (χ0v) is 13.3. The highest BCUT2D eigenvalue weighted by Gasteiger charge is 2.08. The minimum atomic E-state index is -0.0916. The molecule has 1 N–H and O–H groups in total. The van der Waals surface area contributed by atoms with Crippen LogP contribution >= 0.6 is 15.9 Å². The highest BCUT2D eigenvalue weighted by Crippen LogP contribution is 2.21. The second-order valence-electron chi connectivity index (χ2n) is 4.84. The van der Waals surface area contributed by atoms with Gasteiger partial charge in [0, 0.05) is 10.9 Å². The molecule has 2 aromatic rings. The Morgan fingerprint density at radius 2 is 2.10 bits per heavy atom. The zero-order chi connectivity index (χ0) is 15.2. The largest absolute Gasteiger partial charge is 0.325 e. The molecule has 0 fully saturated rings. The van der Waals surface area contributed by atoms with Crippen molar-refractivity contribution in [1.82, 2.24) is 0 Å². The number of aryl methyl sites for hydroxylation is 2. The zero-order valence-electron chi connectivity index (χ0n) is 11.7. The molecule has 1 amide bonds. The lowest BCUT2D eigenvalue weighted by Gasteiger charge is -2.08. The Kier molecular flexibility index (Phi) is 5.13. The van der Waals surface area contributed by atoms with Crippen LogP contribution < -0.4 is 5.32 Å². The number of amides is 1. The number of carbonyl (C=O) groups is 1. The smallest absolute Gasteiger partial charge is 0.224 e. The number of carbonyl (C=O) groups excluding carboxylic acids is 1. The summed E-state index contributed by atoms with van der Waals surface area (Å²) in [6.45, 7) is 2.03. The first-order valence-corrected chi connectivity index (χ1v) is 7.43. The molecule has 0 aromatic heterocycles. The summed E-state index contributed by atoms with van der Waals surface area (Å²) in [6.07, 6.45) is 1.07. The SMILES string of the molecule is Cc1cccc(CCC(=O)Nc2cc(Br)ccc2C#N)c1. The van der Waals surface area contributed by atoms with Crippen molar-refractivity contribution in [3.05, 3.63) is 63.6 Å². The maximum absolute atomic E-state index is 12.0. The minimum absolute atomic E-state index is 0.0916. The molecule has 0 aliphatic carbocycles. The fourth-order valence-electron chi connectivity index (χ4n) is 2.06. The first-order valence-electron chi connectivity index (χ1n) is 6.63. The van der Waals surface area contributed by atoms with Gasteiger partial charge in [-0.1, -0.05) is 45.8 Å². The van der Waals surface area contributed by atoms with E-state index >= 15 is 0 Å². The summed E-state index contributed by atoms with van der Waals surface area (Å²) in [5.41, 5.74) is 3.33. The van der Waals surface area contributed by atoms with Gasteiger partial charge in [-0.3, -0.25) is 4.79 Å². The third-order valence-corrected chi connectivity index (χ3v) is 3.59. The maximum atomic E-state index is 12.0. The monoisotopic (exact) mass is 342 g/mol. The highest BCUT2D eigenvalue weighted by molar-refractivity contribution is 9.10. The summed E-state index contributed by atoms with van der Waals surface area (Å²) in [7, 11) is 0. The van der Waals surface area contributed by atoms with Crippen LogP contribution in [0, 0.1) is 18.3 Å². The molecule has 0 aliphatic heterocycles. The Bertz CT molecular complexity index is 704. The molecule has 2 aromatic carbocycles. The molecule has 2 rings (SSSR count). The van der Waals surface area contributed by atoms with Gasteiger partial charge in [0.25, 0.3) is 0 Å². The Balaban J connectivity index is 1.99. The van der Waals surface area contributed by atoms with Gasteiger partial charge in [0.15, 0.2) is 0 Å². The predicted octanol–water partition coefficient (Wildman–Crippen LogP) is 4.20. The third kappa shape index (κ3) is 4.44. The molecule has 0 atom stereocenters. The van der Waals surface area contributed by atoms with Crippen LogP contribution in [0.4, 0.5) is 5.69 Å². The number of anilines is 1. The molecule has 3 nitrogen and oxygen atoms in total. The number of hydrogen-bond acceptors (Lipinski definition) is 2. The number of benzene rings is 2. The van der Waals surface area contributed by atoms with E-state index in [1.165, 1.54) is 5.56 Å². The van der Waals surface area contributed by atoms with Crippen LogP contribution in [0.5, 0.6) is 0 Å². The van der Waals surface area contributed by atoms with E-state index in [1.54, 1.807) is 18.2 Å². The molecular formula is C17H15BrN2O. The van der Waals surface area contributed by atoms with Crippen LogP contribution in [-0.4, -0.2) is 5.91 Å². The van der Waals surface area contributed by atoms with E-state index < -0.39 is 0 Å². The molecule has 0 bridgehead atoms. The number of hydrogen-bond donors (Lipinski definition) is 1. The number of halogens is 1. The molecule has 21 heavy (non-hydrogen) atoms. The summed E-state index contributed by atoms with van der Waals surface area (Å²) in [5, 5.41) is 11.8. The van der Waals surface area contributed by atoms with Gasteiger partial charge in [-0.2, -0.15) is 5.26 Å². The van der Waals surface area contributed by atoms with Gasteiger partial charge in [0.05, 0.1) is 11.3 Å². The van der Waals surface area contributed by atoms with Gasteiger partial charge >= 0.3 is 0 Å². The summed E-state index contributed by atoms with van der Waals surface area (Å²) in [4.78, 5) is 12.0. The molecule has 106 valence electrons. The molecule has 0 unspecified atom stereocenters. The second-order valence-corrected chi connectivity index (χ2v) is 5.75. The maximum Gasteiger partial charge on any atom is 0.224 e. The van der Waals surface area contributed by atoms with Crippen molar-refractivity contribution in [2.75, 3.05) is 5.32 Å². The van der Waals surface area contributed by atoms with Gasteiger partial charge in [-0.25, -0.2) is 0 Å². The van der Waals surface area contributed by atoms with Crippen molar-refractivity contribution in [2.45, 2.75) is 19.8 Å². The molecular weight excluding hydrogens is 328 g/mol. The molecule has 0 heterocycles. The number of nitrogens with zero attached hydrogens (tertiary/aromatic N) is 1. The van der Waals surface area contributed by atoms with Crippen LogP contribution in [0.25, 0.3) is 0 Å². The van der Waals surface area contributed by atoms with E-state index in [0.29, 0.717) is 24.1 Å². The number of rotatable bonds is 4. The van der Waals surface area contributed by atoms with E-state index in [-0.39, 0.29) is 5.91 Å². The summed E-state index contributed by atoms with van der Waals surface area (Å²) >= 11 is 3.34. The lowest BCUT2D eigenvalue weighted by atomic mass is 10.1. The van der Waals surface area contributed by atoms with Gasteiger partial charge in [0.1, 0.15) is 6.07 Å². The first kappa shape index (κ1) is 15.3. The average Bonchev–Trinajstić information content (AvgIpc) is 2.45. The minimum Gasteiger partial charge on any atom is -0.325 e. The van der Waals surface area contributed by atoms with Gasteiger partial charge in [-0.05, 0) is 37.1 Å². The Morgan fingerprint density at radius 1 is 1.29 bits per heavy atom. The molecule has 4 heteroatoms. The van der Waals surface area contributed by atoms with Crippen molar-refractivity contribution < 1.29 is 4.79 Å². The average molecular weight is 343 g/mol. The van der Waals surface area contributed by atoms with E-state index in [1.807, 2.05) is 25.1 Å². The van der Waals surface area contributed by atoms with Crippen LogP contribution in [0.15, 0.2) is 46.9 Å². The molecule has 0 radical (unpaired) electrons. The van der Waals surface area contributed by atoms with Gasteiger partial charge in [-0.15, -0.1) is 0 Å². The van der Waals surface area contributed by atoms with E-state index in [0.717, 1.165) is 10.0 Å². The second kappa shape index (κ2) is 7.05. The van der Waals surface area contributed by atoms with Crippen LogP contribution in [-0.2, 0) is 11.2 Å². The van der Waals surface area contributed by atoms with Crippen molar-refractivity contribution in [3.63, 3.8) is 0 Å². The fourth-order valence-corrected chi connectivity index (χ4v) is 2.42. The van der Waals surface area contributed by atoms with Gasteiger partial charge < -0.3 is 5.32 Å². The standard InChI is InChI=1S/C17H15BrN2O/c1-12-3-2-4-13(9-12)5-8-17(21)20-16-10-15(18)7-6-14(16)11-19/h2-4,6-7,9-10H,5,8H2,1H3,(H,20,21). The Morgan fingerprint density at radius 3 is 2.81 bits per heavy atom. The van der Waals surface area contributed by atoms with Crippen LogP contribution in [0.1, 0.15) is 23.1 Å². The summed E-state index contributed by atoms with van der Waals surface area (Å²) in [6, 6.07) is 15.4. The lowest BCUT2D eigenvalue weighted by molar-refractivity contribution is -0.116. The van der Waals surface area contributed by atoms with E-state index in [4.69, 9.17) is 5.26 Å². The quantitative estimate of drug-likeness (QED) is 0.905. The van der Waals surface area contributed by atoms with Gasteiger partial charge in [0.2, 0.25) is 5.91 Å². The van der Waals surface area contributed by atoms with Crippen LogP contribution in [0.2, 0.25) is 0 Å². The highest BCUT2D eigenvalue weighted by atomic mass is 79.9. The number of nitriles is 1. The third-order valence-electron chi connectivity index (χ3n) is 3.10. The van der Waals surface area contributed by atoms with Crippen molar-refractivity contribution in [3.8, 4) is 6.07 Å². The molecule has 0 aliphatic rings. The lowest BCUT2D eigenvalue weighted by Crippen LogP contribution is -2.13. The topological polar surface area (TPSA) is 52.9 Å². The first-order chi connectivity index (χ1) is 10.1. The molecule has 0 saturated carbocycles.